The number of nitrogens with zero attached hydrogens (tertiary/aromatic N) is 4. The summed E-state index contributed by atoms with van der Waals surface area (Å²) >= 11 is 5.60. The van der Waals surface area contributed by atoms with E-state index in [9.17, 15) is 18.0 Å². The summed E-state index contributed by atoms with van der Waals surface area (Å²) < 4.78 is 51.7. The van der Waals surface area contributed by atoms with Crippen molar-refractivity contribution in [1.82, 2.24) is 20.0 Å². The highest BCUT2D eigenvalue weighted by Gasteiger charge is 2.33. The van der Waals surface area contributed by atoms with Crippen LogP contribution >= 0.6 is 11.6 Å². The Balaban J connectivity index is 1.25. The van der Waals surface area contributed by atoms with Gasteiger partial charge in [-0.2, -0.15) is 13.2 Å². The maximum Gasteiger partial charge on any atom is 0.417 e. The van der Waals surface area contributed by atoms with Crippen LogP contribution in [0.4, 0.5) is 18.9 Å². The molecule has 2 aromatic heterocycles. The first-order valence-corrected chi connectivity index (χ1v) is 11.3. The zero-order valence-electron chi connectivity index (χ0n) is 18.8. The van der Waals surface area contributed by atoms with E-state index < -0.39 is 22.7 Å². The highest BCUT2D eigenvalue weighted by Crippen LogP contribution is 2.36. The van der Waals surface area contributed by atoms with Gasteiger partial charge in [0, 0.05) is 18.4 Å². The number of ether oxygens (including phenoxy) is 1. The number of oxazole rings is 1. The summed E-state index contributed by atoms with van der Waals surface area (Å²) in [6.07, 6.45) is 2.87. The van der Waals surface area contributed by atoms with Gasteiger partial charge in [0.05, 0.1) is 16.8 Å². The minimum absolute atomic E-state index is 0.0241. The van der Waals surface area contributed by atoms with Crippen LogP contribution in [0.1, 0.15) is 40.3 Å². The van der Waals surface area contributed by atoms with Gasteiger partial charge >= 0.3 is 6.18 Å². The van der Waals surface area contributed by atoms with Gasteiger partial charge in [-0.3, -0.25) is 9.48 Å². The van der Waals surface area contributed by atoms with Crippen molar-refractivity contribution in [2.75, 3.05) is 5.32 Å². The van der Waals surface area contributed by atoms with Gasteiger partial charge in [-0.25, -0.2) is 4.98 Å². The Labute approximate surface area is 209 Å². The largest absolute Gasteiger partial charge is 0.484 e. The van der Waals surface area contributed by atoms with E-state index in [0.29, 0.717) is 5.75 Å². The summed E-state index contributed by atoms with van der Waals surface area (Å²) in [4.78, 5) is 16.4. The number of unbranched alkanes of at least 4 members (excludes halogenated alkanes) is 1. The molecule has 2 heterocycles. The summed E-state index contributed by atoms with van der Waals surface area (Å²) in [6.45, 7) is 0.801. The molecule has 2 aromatic carbocycles. The van der Waals surface area contributed by atoms with E-state index in [0.717, 1.165) is 44.2 Å². The number of carbonyl (C=O) groups excluding carboxylic acids is 1. The van der Waals surface area contributed by atoms with E-state index in [1.165, 1.54) is 11.6 Å². The van der Waals surface area contributed by atoms with Gasteiger partial charge in [-0.15, -0.1) is 5.10 Å². The third kappa shape index (κ3) is 6.85. The molecule has 8 nitrogen and oxygen atoms in total. The fraction of sp³-hybridized carbons (Fsp3) is 0.250. The van der Waals surface area contributed by atoms with Crippen LogP contribution in [-0.4, -0.2) is 25.9 Å². The zero-order chi connectivity index (χ0) is 25.5. The van der Waals surface area contributed by atoms with Gasteiger partial charge in [-0.1, -0.05) is 28.9 Å². The number of hydrogen-bond donors (Lipinski definition) is 1. The number of alkyl halides is 3. The monoisotopic (exact) mass is 519 g/mol. The van der Waals surface area contributed by atoms with Gasteiger partial charge < -0.3 is 14.5 Å². The number of carbonyl (C=O) groups is 1. The van der Waals surface area contributed by atoms with Crippen molar-refractivity contribution in [3.8, 4) is 5.75 Å². The average molecular weight is 520 g/mol. The van der Waals surface area contributed by atoms with Gasteiger partial charge in [0.2, 0.25) is 5.89 Å². The number of aromatic nitrogens is 4. The van der Waals surface area contributed by atoms with Crippen molar-refractivity contribution in [3.05, 3.63) is 88.9 Å². The maximum atomic E-state index is 13.0. The van der Waals surface area contributed by atoms with Crippen LogP contribution in [0.25, 0.3) is 0 Å². The van der Waals surface area contributed by atoms with E-state index in [-0.39, 0.29) is 23.9 Å². The summed E-state index contributed by atoms with van der Waals surface area (Å²) in [5, 5.41) is 9.60. The van der Waals surface area contributed by atoms with Crippen molar-refractivity contribution in [2.24, 2.45) is 0 Å². The molecule has 4 aromatic rings. The molecule has 1 amide bonds. The first-order valence-electron chi connectivity index (χ1n) is 11.0. The molecule has 12 heteroatoms. The van der Waals surface area contributed by atoms with Gasteiger partial charge in [-0.05, 0) is 55.2 Å². The van der Waals surface area contributed by atoms with E-state index in [1.54, 1.807) is 10.9 Å². The Bertz CT molecular complexity index is 1290. The molecule has 0 radical (unpaired) electrons. The number of rotatable bonds is 10. The van der Waals surface area contributed by atoms with Crippen LogP contribution in [0, 0.1) is 0 Å². The quantitative estimate of drug-likeness (QED) is 0.266. The molecule has 0 unspecified atom stereocenters. The standard InChI is InChI=1S/C24H21ClF3N5O3/c25-20-9-6-17(13-19(20)24(26,27)28)30-23(34)21-14-36-22(31-21)15-35-18-7-4-16(5-8-18)3-1-2-11-33-12-10-29-32-33/h4-10,12-14H,1-3,11,15H2,(H,30,34). The molecule has 1 N–H and O–H groups in total. The Morgan fingerprint density at radius 3 is 2.67 bits per heavy atom. The Morgan fingerprint density at radius 1 is 1.14 bits per heavy atom. The second kappa shape index (κ2) is 11.3. The molecule has 0 saturated heterocycles. The van der Waals surface area contributed by atoms with Crippen LogP contribution < -0.4 is 10.1 Å². The molecular formula is C24H21ClF3N5O3. The number of anilines is 1. The van der Waals surface area contributed by atoms with Crippen LogP contribution in [0.3, 0.4) is 0 Å². The zero-order valence-corrected chi connectivity index (χ0v) is 19.6. The normalized spacial score (nSPS) is 11.4. The van der Waals surface area contributed by atoms with E-state index >= 15 is 0 Å². The molecule has 0 aliphatic heterocycles. The Hall–Kier alpha value is -3.86. The lowest BCUT2D eigenvalue weighted by molar-refractivity contribution is -0.137. The second-order valence-electron chi connectivity index (χ2n) is 7.83. The highest BCUT2D eigenvalue weighted by atomic mass is 35.5. The molecule has 4 rings (SSSR count). The van der Waals surface area contributed by atoms with Crippen LogP contribution in [0.2, 0.25) is 5.02 Å². The SMILES string of the molecule is O=C(Nc1ccc(Cl)c(C(F)(F)F)c1)c1coc(COc2ccc(CCCCn3ccnn3)cc2)n1. The molecule has 0 fully saturated rings. The maximum absolute atomic E-state index is 13.0. The predicted molar refractivity (Wildman–Crippen MR) is 125 cm³/mol. The van der Waals surface area contributed by atoms with Crippen molar-refractivity contribution in [3.63, 3.8) is 0 Å². The highest BCUT2D eigenvalue weighted by molar-refractivity contribution is 6.31. The fourth-order valence-electron chi connectivity index (χ4n) is 3.35. The van der Waals surface area contributed by atoms with E-state index in [4.69, 9.17) is 20.8 Å². The number of aryl methyl sites for hydroxylation is 2. The predicted octanol–water partition coefficient (Wildman–Crippen LogP) is 5.79. The number of halogens is 4. The molecule has 0 aliphatic rings. The lowest BCUT2D eigenvalue weighted by Gasteiger charge is -2.11. The summed E-state index contributed by atoms with van der Waals surface area (Å²) in [5.41, 5.74) is -0.0460. The summed E-state index contributed by atoms with van der Waals surface area (Å²) in [7, 11) is 0. The van der Waals surface area contributed by atoms with E-state index in [2.05, 4.69) is 20.6 Å². The number of hydrogen-bond acceptors (Lipinski definition) is 6. The van der Waals surface area contributed by atoms with Crippen LogP contribution in [-0.2, 0) is 25.7 Å². The third-order valence-electron chi connectivity index (χ3n) is 5.17. The summed E-state index contributed by atoms with van der Waals surface area (Å²) in [6, 6.07) is 10.7. The number of amides is 1. The second-order valence-corrected chi connectivity index (χ2v) is 8.24. The topological polar surface area (TPSA) is 95.1 Å². The molecule has 36 heavy (non-hydrogen) atoms. The van der Waals surface area contributed by atoms with Gasteiger partial charge in [0.25, 0.3) is 5.91 Å². The molecule has 188 valence electrons. The smallest absolute Gasteiger partial charge is 0.417 e. The fourth-order valence-corrected chi connectivity index (χ4v) is 3.57. The lowest BCUT2D eigenvalue weighted by Crippen LogP contribution is -2.14. The van der Waals surface area contributed by atoms with Crippen molar-refractivity contribution >= 4 is 23.2 Å². The van der Waals surface area contributed by atoms with Gasteiger partial charge in [0.15, 0.2) is 12.3 Å². The number of nitrogens with one attached hydrogen (secondary N) is 1. The minimum Gasteiger partial charge on any atom is -0.484 e. The van der Waals surface area contributed by atoms with E-state index in [1.807, 2.05) is 30.5 Å². The molecule has 0 spiro atoms. The molecular weight excluding hydrogens is 499 g/mol. The van der Waals surface area contributed by atoms with Crippen LogP contribution in [0.15, 0.2) is 65.5 Å². The van der Waals surface area contributed by atoms with Crippen LogP contribution in [0.5, 0.6) is 5.75 Å². The molecule has 0 atom stereocenters. The number of benzene rings is 2. The molecule has 0 saturated carbocycles. The Morgan fingerprint density at radius 2 is 1.94 bits per heavy atom. The molecule has 0 aliphatic carbocycles. The minimum atomic E-state index is -4.65. The lowest BCUT2D eigenvalue weighted by atomic mass is 10.1. The Kier molecular flexibility index (Phi) is 7.89. The van der Waals surface area contributed by atoms with Crippen molar-refractivity contribution in [1.29, 1.82) is 0 Å². The van der Waals surface area contributed by atoms with Gasteiger partial charge in [0.1, 0.15) is 12.0 Å². The average Bonchev–Trinajstić information content (AvgIpc) is 3.54. The summed E-state index contributed by atoms with van der Waals surface area (Å²) in [5.74, 6) is 0.0180. The van der Waals surface area contributed by atoms with Crippen molar-refractivity contribution in [2.45, 2.75) is 38.6 Å². The molecule has 0 bridgehead atoms. The first kappa shape index (κ1) is 25.2. The third-order valence-corrected chi connectivity index (χ3v) is 5.50. The van der Waals surface area contributed by atoms with Crippen molar-refractivity contribution < 1.29 is 27.1 Å². The first-order chi connectivity index (χ1) is 17.3.